The zero-order chi connectivity index (χ0) is 10.4. The topological polar surface area (TPSA) is 90.3 Å². The molecule has 1 amide bonds. The summed E-state index contributed by atoms with van der Waals surface area (Å²) in [6.45, 7) is 0.135. The van der Waals surface area contributed by atoms with E-state index in [4.69, 9.17) is 15.9 Å². The van der Waals surface area contributed by atoms with Crippen LogP contribution in [0.4, 0.5) is 4.79 Å². The van der Waals surface area contributed by atoms with Crippen LogP contribution in [-0.4, -0.2) is 12.1 Å². The highest BCUT2D eigenvalue weighted by Gasteiger charge is 2.05. The third kappa shape index (κ3) is 3.57. The van der Waals surface area contributed by atoms with Crippen LogP contribution in [0, 0.1) is 5.41 Å². The molecule has 14 heavy (non-hydrogen) atoms. The standard InChI is InChI=1S/C9H10N3O2/c10-8(11)12-9(13)14-6-7-4-2-1-3-5-7/h1-5H,6H2,(H3,10,11). The van der Waals surface area contributed by atoms with E-state index in [1.807, 2.05) is 30.3 Å². The summed E-state index contributed by atoms with van der Waals surface area (Å²) in [4.78, 5) is 10.8. The molecule has 73 valence electrons. The highest BCUT2D eigenvalue weighted by molar-refractivity contribution is 5.90. The van der Waals surface area contributed by atoms with Gasteiger partial charge in [-0.15, -0.1) is 5.32 Å². The van der Waals surface area contributed by atoms with E-state index in [1.165, 1.54) is 0 Å². The van der Waals surface area contributed by atoms with Crippen molar-refractivity contribution in [3.05, 3.63) is 35.9 Å². The molecule has 0 heterocycles. The predicted molar refractivity (Wildman–Crippen MR) is 50.7 cm³/mol. The summed E-state index contributed by atoms with van der Waals surface area (Å²) in [7, 11) is 0. The Bertz CT molecular complexity index is 324. The first kappa shape index (κ1) is 10.0. The number of guanidine groups is 1. The van der Waals surface area contributed by atoms with Crippen molar-refractivity contribution in [2.75, 3.05) is 0 Å². The van der Waals surface area contributed by atoms with Crippen LogP contribution in [0.5, 0.6) is 0 Å². The zero-order valence-corrected chi connectivity index (χ0v) is 7.43. The average molecular weight is 192 g/mol. The fraction of sp³-hybridized carbons (Fsp3) is 0.111. The number of nitrogens with two attached hydrogens (primary N) is 1. The van der Waals surface area contributed by atoms with Crippen LogP contribution in [0.25, 0.3) is 0 Å². The minimum atomic E-state index is -0.846. The number of nitrogens with zero attached hydrogens (tertiary/aromatic N) is 1. The van der Waals surface area contributed by atoms with Crippen molar-refractivity contribution >= 4 is 12.1 Å². The normalized spacial score (nSPS) is 9.14. The van der Waals surface area contributed by atoms with Crippen molar-refractivity contribution in [3.8, 4) is 0 Å². The van der Waals surface area contributed by atoms with Crippen LogP contribution < -0.4 is 11.1 Å². The summed E-state index contributed by atoms with van der Waals surface area (Å²) in [6, 6.07) is 9.18. The number of amides is 1. The second-order valence-electron chi connectivity index (χ2n) is 2.54. The van der Waals surface area contributed by atoms with Gasteiger partial charge in [0.05, 0.1) is 0 Å². The molecule has 0 spiro atoms. The molecular weight excluding hydrogens is 182 g/mol. The van der Waals surface area contributed by atoms with E-state index in [2.05, 4.69) is 5.32 Å². The highest BCUT2D eigenvalue weighted by Crippen LogP contribution is 2.00. The molecule has 0 saturated carbocycles. The van der Waals surface area contributed by atoms with E-state index in [0.29, 0.717) is 0 Å². The van der Waals surface area contributed by atoms with E-state index in [-0.39, 0.29) is 6.61 Å². The predicted octanol–water partition coefficient (Wildman–Crippen LogP) is 0.821. The second-order valence-corrected chi connectivity index (χ2v) is 2.54. The Balaban J connectivity index is 2.34. The van der Waals surface area contributed by atoms with Gasteiger partial charge < -0.3 is 10.5 Å². The van der Waals surface area contributed by atoms with Gasteiger partial charge in [-0.3, -0.25) is 5.41 Å². The average Bonchev–Trinajstić information content (AvgIpc) is 2.15. The third-order valence-corrected chi connectivity index (χ3v) is 1.42. The maximum absolute atomic E-state index is 10.8. The number of ether oxygens (including phenoxy) is 1. The van der Waals surface area contributed by atoms with E-state index in [9.17, 15) is 4.79 Å². The molecule has 3 N–H and O–H groups in total. The lowest BCUT2D eigenvalue weighted by molar-refractivity contribution is 0.144. The van der Waals surface area contributed by atoms with E-state index >= 15 is 0 Å². The summed E-state index contributed by atoms with van der Waals surface area (Å²) in [5.74, 6) is -0.553. The molecule has 0 atom stereocenters. The smallest absolute Gasteiger partial charge is 0.437 e. The Hall–Kier alpha value is -2.04. The van der Waals surface area contributed by atoms with Crippen molar-refractivity contribution in [3.63, 3.8) is 0 Å². The van der Waals surface area contributed by atoms with Crippen LogP contribution in [0.3, 0.4) is 0 Å². The van der Waals surface area contributed by atoms with Crippen molar-refractivity contribution in [2.24, 2.45) is 5.73 Å². The van der Waals surface area contributed by atoms with Crippen LogP contribution in [0.1, 0.15) is 5.56 Å². The Morgan fingerprint density at radius 2 is 2.07 bits per heavy atom. The van der Waals surface area contributed by atoms with Crippen molar-refractivity contribution < 1.29 is 9.53 Å². The number of carbonyl (C=O) groups is 1. The Morgan fingerprint density at radius 3 is 2.64 bits per heavy atom. The lowest BCUT2D eigenvalue weighted by Gasteiger charge is -2.02. The fourth-order valence-corrected chi connectivity index (χ4v) is 0.850. The van der Waals surface area contributed by atoms with Crippen molar-refractivity contribution in [1.29, 1.82) is 5.41 Å². The molecule has 0 bridgehead atoms. The summed E-state index contributed by atoms with van der Waals surface area (Å²) in [5.41, 5.74) is 5.74. The molecule has 1 rings (SSSR count). The molecule has 0 aliphatic rings. The summed E-state index contributed by atoms with van der Waals surface area (Å²) >= 11 is 0. The lowest BCUT2D eigenvalue weighted by atomic mass is 10.2. The fourth-order valence-electron chi connectivity index (χ4n) is 0.850. The SMILES string of the molecule is N=C(N)[N]C(=O)OCc1ccccc1. The van der Waals surface area contributed by atoms with Gasteiger partial charge in [-0.05, 0) is 5.56 Å². The Labute approximate surface area is 81.4 Å². The lowest BCUT2D eigenvalue weighted by Crippen LogP contribution is -2.29. The molecular formula is C9H10N3O2. The molecule has 1 aromatic rings. The quantitative estimate of drug-likeness (QED) is 0.536. The van der Waals surface area contributed by atoms with E-state index < -0.39 is 12.1 Å². The summed E-state index contributed by atoms with van der Waals surface area (Å²) in [6.07, 6.45) is -0.846. The molecule has 1 aromatic carbocycles. The largest absolute Gasteiger partial charge is 0.443 e. The minimum Gasteiger partial charge on any atom is -0.443 e. The monoisotopic (exact) mass is 192 g/mol. The van der Waals surface area contributed by atoms with Gasteiger partial charge in [0.25, 0.3) is 0 Å². The van der Waals surface area contributed by atoms with Gasteiger partial charge in [0.15, 0.2) is 0 Å². The molecule has 5 nitrogen and oxygen atoms in total. The van der Waals surface area contributed by atoms with Crippen molar-refractivity contribution in [1.82, 2.24) is 5.32 Å². The number of nitrogens with one attached hydrogen (secondary N) is 1. The molecule has 0 aliphatic heterocycles. The van der Waals surface area contributed by atoms with Crippen LogP contribution in [0.2, 0.25) is 0 Å². The van der Waals surface area contributed by atoms with E-state index in [0.717, 1.165) is 5.56 Å². The van der Waals surface area contributed by atoms with Gasteiger partial charge >= 0.3 is 6.09 Å². The molecule has 0 aromatic heterocycles. The molecule has 1 radical (unpaired) electrons. The first-order valence-electron chi connectivity index (χ1n) is 3.95. The highest BCUT2D eigenvalue weighted by atomic mass is 16.5. The van der Waals surface area contributed by atoms with Crippen LogP contribution in [0.15, 0.2) is 30.3 Å². The minimum absolute atomic E-state index is 0.135. The van der Waals surface area contributed by atoms with Gasteiger partial charge in [-0.1, -0.05) is 30.3 Å². The molecule has 5 heteroatoms. The summed E-state index contributed by atoms with van der Waals surface area (Å²) < 4.78 is 4.71. The number of benzene rings is 1. The first-order chi connectivity index (χ1) is 6.68. The summed E-state index contributed by atoms with van der Waals surface area (Å²) in [5, 5.41) is 9.81. The molecule has 0 aliphatic carbocycles. The van der Waals surface area contributed by atoms with Crippen molar-refractivity contribution in [2.45, 2.75) is 6.61 Å². The van der Waals surface area contributed by atoms with Gasteiger partial charge in [0.1, 0.15) is 6.61 Å². The van der Waals surface area contributed by atoms with E-state index in [1.54, 1.807) is 0 Å². The van der Waals surface area contributed by atoms with Gasteiger partial charge in [-0.25, -0.2) is 4.79 Å². The third-order valence-electron chi connectivity index (χ3n) is 1.42. The Morgan fingerprint density at radius 1 is 1.43 bits per heavy atom. The second kappa shape index (κ2) is 4.86. The number of rotatable bonds is 2. The molecule has 0 saturated heterocycles. The first-order valence-corrected chi connectivity index (χ1v) is 3.95. The molecule has 0 fully saturated rings. The number of carbonyl (C=O) groups excluding carboxylic acids is 1. The van der Waals surface area contributed by atoms with Crippen LogP contribution >= 0.6 is 0 Å². The number of hydrogen-bond donors (Lipinski definition) is 2. The maximum Gasteiger partial charge on any atom is 0.437 e. The van der Waals surface area contributed by atoms with Gasteiger partial charge in [-0.2, -0.15) is 0 Å². The maximum atomic E-state index is 10.8. The Kier molecular flexibility index (Phi) is 3.49. The zero-order valence-electron chi connectivity index (χ0n) is 7.43. The van der Waals surface area contributed by atoms with Gasteiger partial charge in [0, 0.05) is 0 Å². The molecule has 0 unspecified atom stereocenters. The number of hydrogen-bond acceptors (Lipinski definition) is 3. The van der Waals surface area contributed by atoms with Crippen LogP contribution in [-0.2, 0) is 11.3 Å². The van der Waals surface area contributed by atoms with Gasteiger partial charge in [0.2, 0.25) is 5.96 Å².